The van der Waals surface area contributed by atoms with Gasteiger partial charge >= 0.3 is 0 Å². The first kappa shape index (κ1) is 13.7. The first-order valence-electron chi connectivity index (χ1n) is 6.63. The van der Waals surface area contributed by atoms with Crippen molar-refractivity contribution in [1.82, 2.24) is 4.90 Å². The molecule has 0 amide bonds. The van der Waals surface area contributed by atoms with E-state index in [-0.39, 0.29) is 0 Å². The molecular weight excluding hydrogens is 246 g/mol. The lowest BCUT2D eigenvalue weighted by Crippen LogP contribution is -2.52. The Balaban J connectivity index is 2.17. The van der Waals surface area contributed by atoms with Gasteiger partial charge in [0.2, 0.25) is 0 Å². The van der Waals surface area contributed by atoms with Gasteiger partial charge in [0.1, 0.15) is 0 Å². The number of likely N-dealkylation sites (N-methyl/N-ethyl adjacent to an activating group) is 1. The molecule has 18 heavy (non-hydrogen) atoms. The molecule has 2 N–H and O–H groups in total. The Bertz CT molecular complexity index is 408. The van der Waals surface area contributed by atoms with Crippen molar-refractivity contribution in [3.05, 3.63) is 28.8 Å². The second-order valence-electron chi connectivity index (χ2n) is 4.90. The summed E-state index contributed by atoms with van der Waals surface area (Å²) in [5.41, 5.74) is 8.20. The first-order chi connectivity index (χ1) is 8.65. The Morgan fingerprint density at radius 2 is 2.17 bits per heavy atom. The highest BCUT2D eigenvalue weighted by atomic mass is 35.5. The largest absolute Gasteiger partial charge is 0.368 e. The minimum atomic E-state index is 0.540. The maximum Gasteiger partial charge on any atom is 0.0413 e. The summed E-state index contributed by atoms with van der Waals surface area (Å²) in [7, 11) is 0. The SMILES string of the molecule is CCN1CCN(c2ccc(Cl)cc2CN)CC1C. The normalized spacial score (nSPS) is 21.3. The number of halogens is 1. The molecule has 1 aliphatic heterocycles. The van der Waals surface area contributed by atoms with Gasteiger partial charge in [0.25, 0.3) is 0 Å². The van der Waals surface area contributed by atoms with Crippen LogP contribution in [0.1, 0.15) is 19.4 Å². The molecule has 1 aromatic rings. The summed E-state index contributed by atoms with van der Waals surface area (Å²) in [4.78, 5) is 4.93. The molecule has 0 aromatic heterocycles. The second-order valence-corrected chi connectivity index (χ2v) is 5.34. The molecule has 1 atom stereocenters. The van der Waals surface area contributed by atoms with Gasteiger partial charge < -0.3 is 10.6 Å². The van der Waals surface area contributed by atoms with Gasteiger partial charge in [-0.1, -0.05) is 18.5 Å². The molecule has 1 aromatic carbocycles. The summed E-state index contributed by atoms with van der Waals surface area (Å²) in [6.45, 7) is 9.41. The Hall–Kier alpha value is -0.770. The van der Waals surface area contributed by atoms with Crippen molar-refractivity contribution in [2.24, 2.45) is 5.73 Å². The molecule has 0 spiro atoms. The molecule has 0 radical (unpaired) electrons. The molecule has 100 valence electrons. The lowest BCUT2D eigenvalue weighted by atomic mass is 10.1. The van der Waals surface area contributed by atoms with E-state index in [1.54, 1.807) is 0 Å². The van der Waals surface area contributed by atoms with E-state index < -0.39 is 0 Å². The molecule has 1 fully saturated rings. The number of nitrogens with zero attached hydrogens (tertiary/aromatic N) is 2. The summed E-state index contributed by atoms with van der Waals surface area (Å²) in [5.74, 6) is 0. The van der Waals surface area contributed by atoms with E-state index in [1.807, 2.05) is 12.1 Å². The molecule has 0 saturated carbocycles. The van der Waals surface area contributed by atoms with Crippen molar-refractivity contribution in [2.75, 3.05) is 31.1 Å². The van der Waals surface area contributed by atoms with Crippen molar-refractivity contribution in [3.8, 4) is 0 Å². The van der Waals surface area contributed by atoms with E-state index >= 15 is 0 Å². The molecule has 1 unspecified atom stereocenters. The third kappa shape index (κ3) is 2.79. The van der Waals surface area contributed by atoms with Crippen LogP contribution in [0.25, 0.3) is 0 Å². The van der Waals surface area contributed by atoms with Crippen molar-refractivity contribution >= 4 is 17.3 Å². The van der Waals surface area contributed by atoms with Crippen LogP contribution in [0.5, 0.6) is 0 Å². The van der Waals surface area contributed by atoms with Gasteiger partial charge in [-0.15, -0.1) is 0 Å². The average Bonchev–Trinajstić information content (AvgIpc) is 2.38. The Morgan fingerprint density at radius 3 is 2.78 bits per heavy atom. The maximum absolute atomic E-state index is 6.03. The van der Waals surface area contributed by atoms with Gasteiger partial charge in [-0.3, -0.25) is 4.90 Å². The summed E-state index contributed by atoms with van der Waals surface area (Å²) < 4.78 is 0. The van der Waals surface area contributed by atoms with Crippen molar-refractivity contribution < 1.29 is 0 Å². The van der Waals surface area contributed by atoms with Crippen LogP contribution in [0, 0.1) is 0 Å². The Kier molecular flexibility index (Phi) is 4.49. The summed E-state index contributed by atoms with van der Waals surface area (Å²) in [5, 5.41) is 0.763. The van der Waals surface area contributed by atoms with Crippen LogP contribution >= 0.6 is 11.6 Å². The highest BCUT2D eigenvalue weighted by Gasteiger charge is 2.23. The van der Waals surface area contributed by atoms with E-state index in [2.05, 4.69) is 29.7 Å². The Labute approximate surface area is 115 Å². The maximum atomic E-state index is 6.03. The average molecular weight is 268 g/mol. The van der Waals surface area contributed by atoms with Gasteiger partial charge in [0.15, 0.2) is 0 Å². The molecule has 1 saturated heterocycles. The van der Waals surface area contributed by atoms with Gasteiger partial charge in [-0.05, 0) is 37.2 Å². The molecular formula is C14H22ClN3. The van der Waals surface area contributed by atoms with Gasteiger partial charge in [-0.25, -0.2) is 0 Å². The van der Waals surface area contributed by atoms with Gasteiger partial charge in [-0.2, -0.15) is 0 Å². The number of rotatable bonds is 3. The van der Waals surface area contributed by atoms with Crippen LogP contribution in [0.3, 0.4) is 0 Å². The van der Waals surface area contributed by atoms with E-state index in [4.69, 9.17) is 17.3 Å². The third-order valence-electron chi connectivity index (χ3n) is 3.77. The molecule has 1 heterocycles. The fraction of sp³-hybridized carbons (Fsp3) is 0.571. The highest BCUT2D eigenvalue weighted by Crippen LogP contribution is 2.26. The van der Waals surface area contributed by atoms with Gasteiger partial charge in [0.05, 0.1) is 0 Å². The number of nitrogens with two attached hydrogens (primary N) is 1. The van der Waals surface area contributed by atoms with Crippen LogP contribution in [0.2, 0.25) is 5.02 Å². The zero-order valence-corrected chi connectivity index (χ0v) is 12.0. The van der Waals surface area contributed by atoms with E-state index in [0.717, 1.165) is 36.8 Å². The zero-order chi connectivity index (χ0) is 13.1. The van der Waals surface area contributed by atoms with E-state index in [0.29, 0.717) is 12.6 Å². The zero-order valence-electron chi connectivity index (χ0n) is 11.2. The fourth-order valence-corrected chi connectivity index (χ4v) is 2.90. The number of anilines is 1. The Morgan fingerprint density at radius 1 is 1.39 bits per heavy atom. The number of hydrogen-bond acceptors (Lipinski definition) is 3. The molecule has 2 rings (SSSR count). The lowest BCUT2D eigenvalue weighted by molar-refractivity contribution is 0.199. The first-order valence-corrected chi connectivity index (χ1v) is 7.01. The number of piperazine rings is 1. The predicted molar refractivity (Wildman–Crippen MR) is 78.3 cm³/mol. The molecule has 1 aliphatic rings. The van der Waals surface area contributed by atoms with Crippen molar-refractivity contribution in [1.29, 1.82) is 0 Å². The minimum Gasteiger partial charge on any atom is -0.368 e. The standard InChI is InChI=1S/C14H22ClN3/c1-3-17-6-7-18(10-11(17)2)14-5-4-13(15)8-12(14)9-16/h4-5,8,11H,3,6-7,9-10,16H2,1-2H3. The molecule has 0 aliphatic carbocycles. The van der Waals surface area contributed by atoms with Crippen LogP contribution in [0.4, 0.5) is 5.69 Å². The fourth-order valence-electron chi connectivity index (χ4n) is 2.71. The topological polar surface area (TPSA) is 32.5 Å². The quantitative estimate of drug-likeness (QED) is 0.912. The molecule has 3 nitrogen and oxygen atoms in total. The number of hydrogen-bond donors (Lipinski definition) is 1. The summed E-state index contributed by atoms with van der Waals surface area (Å²) in [6, 6.07) is 6.62. The molecule has 0 bridgehead atoms. The smallest absolute Gasteiger partial charge is 0.0413 e. The van der Waals surface area contributed by atoms with Crippen molar-refractivity contribution in [2.45, 2.75) is 26.4 Å². The third-order valence-corrected chi connectivity index (χ3v) is 4.01. The summed E-state index contributed by atoms with van der Waals surface area (Å²) >= 11 is 6.03. The second kappa shape index (κ2) is 5.91. The monoisotopic (exact) mass is 267 g/mol. The number of benzene rings is 1. The van der Waals surface area contributed by atoms with E-state index in [9.17, 15) is 0 Å². The van der Waals surface area contributed by atoms with Crippen LogP contribution in [0.15, 0.2) is 18.2 Å². The lowest BCUT2D eigenvalue weighted by Gasteiger charge is -2.41. The minimum absolute atomic E-state index is 0.540. The highest BCUT2D eigenvalue weighted by molar-refractivity contribution is 6.30. The van der Waals surface area contributed by atoms with Gasteiger partial charge in [0, 0.05) is 42.9 Å². The van der Waals surface area contributed by atoms with E-state index in [1.165, 1.54) is 5.69 Å². The van der Waals surface area contributed by atoms with Crippen LogP contribution < -0.4 is 10.6 Å². The predicted octanol–water partition coefficient (Wildman–Crippen LogP) is 2.33. The van der Waals surface area contributed by atoms with Crippen LogP contribution in [-0.4, -0.2) is 37.1 Å². The molecule has 4 heteroatoms. The summed E-state index contributed by atoms with van der Waals surface area (Å²) in [6.07, 6.45) is 0. The van der Waals surface area contributed by atoms with Crippen molar-refractivity contribution in [3.63, 3.8) is 0 Å². The van der Waals surface area contributed by atoms with Crippen LogP contribution in [-0.2, 0) is 6.54 Å².